The molecular weight excluding hydrogens is 302 g/mol. The average Bonchev–Trinajstić information content (AvgIpc) is 2.54. The third-order valence-corrected chi connectivity index (χ3v) is 4.95. The first-order valence-electron chi connectivity index (χ1n) is 6.81. The van der Waals surface area contributed by atoms with Crippen molar-refractivity contribution in [3.05, 3.63) is 71.5 Å². The van der Waals surface area contributed by atoms with Crippen molar-refractivity contribution in [3.8, 4) is 11.6 Å². The summed E-state index contributed by atoms with van der Waals surface area (Å²) >= 11 is 0. The molecule has 5 heteroatoms. The van der Waals surface area contributed by atoms with Gasteiger partial charge in [-0.05, 0) is 42.4 Å². The predicted molar refractivity (Wildman–Crippen MR) is 83.9 cm³/mol. The molecule has 0 aliphatic rings. The molecule has 0 aliphatic carbocycles. The molecule has 0 saturated carbocycles. The number of halogens is 1. The summed E-state index contributed by atoms with van der Waals surface area (Å²) in [6.45, 7) is 1.83. The van der Waals surface area contributed by atoms with Gasteiger partial charge in [0.2, 0.25) is 0 Å². The van der Waals surface area contributed by atoms with Crippen LogP contribution in [0.5, 0.6) is 0 Å². The number of aliphatic hydroxyl groups is 1. The van der Waals surface area contributed by atoms with E-state index in [1.165, 1.54) is 24.3 Å². The Kier molecular flexibility index (Phi) is 5.51. The van der Waals surface area contributed by atoms with Gasteiger partial charge in [0.05, 0.1) is 6.61 Å². The minimum Gasteiger partial charge on any atom is -0.377 e. The second-order valence-corrected chi connectivity index (χ2v) is 6.71. The van der Waals surface area contributed by atoms with E-state index in [1.807, 2.05) is 18.2 Å². The van der Waals surface area contributed by atoms with Crippen molar-refractivity contribution in [3.63, 3.8) is 0 Å². The van der Waals surface area contributed by atoms with Crippen LogP contribution in [0.2, 0.25) is 0 Å². The number of hydrogen-bond acceptors (Lipinski definition) is 3. The highest BCUT2D eigenvalue weighted by atomic mass is 31.2. The van der Waals surface area contributed by atoms with Crippen LogP contribution in [0.25, 0.3) is 0 Å². The standard InChI is InChI=1S/C17H16FO3P/c1-2-21-22(20,13-12-14-6-4-3-5-7-14)17(19)15-8-10-16(18)11-9-15/h3-11,17,19H,2H2,1H3/t17-,22+/m0/s1. The van der Waals surface area contributed by atoms with E-state index in [2.05, 4.69) is 11.6 Å². The van der Waals surface area contributed by atoms with Gasteiger partial charge in [-0.1, -0.05) is 36.3 Å². The minimum absolute atomic E-state index is 0.152. The number of aliphatic hydroxyl groups excluding tert-OH is 1. The van der Waals surface area contributed by atoms with E-state index in [9.17, 15) is 14.1 Å². The third-order valence-electron chi connectivity index (χ3n) is 2.94. The van der Waals surface area contributed by atoms with Crippen molar-refractivity contribution in [2.75, 3.05) is 6.61 Å². The van der Waals surface area contributed by atoms with Crippen LogP contribution in [0.1, 0.15) is 23.9 Å². The fourth-order valence-electron chi connectivity index (χ4n) is 1.85. The van der Waals surface area contributed by atoms with Crippen molar-refractivity contribution >= 4 is 7.37 Å². The van der Waals surface area contributed by atoms with Crippen LogP contribution in [0.15, 0.2) is 54.6 Å². The van der Waals surface area contributed by atoms with Crippen molar-refractivity contribution in [2.24, 2.45) is 0 Å². The first-order chi connectivity index (χ1) is 10.5. The Morgan fingerprint density at radius 2 is 1.82 bits per heavy atom. The zero-order valence-electron chi connectivity index (χ0n) is 12.1. The van der Waals surface area contributed by atoms with Gasteiger partial charge < -0.3 is 9.63 Å². The molecule has 0 amide bonds. The summed E-state index contributed by atoms with van der Waals surface area (Å²) in [6, 6.07) is 14.1. The predicted octanol–water partition coefficient (Wildman–Crippen LogP) is 4.14. The van der Waals surface area contributed by atoms with Gasteiger partial charge in [0, 0.05) is 5.56 Å². The van der Waals surface area contributed by atoms with Gasteiger partial charge in [-0.15, -0.1) is 0 Å². The van der Waals surface area contributed by atoms with Crippen molar-refractivity contribution in [1.29, 1.82) is 0 Å². The van der Waals surface area contributed by atoms with Gasteiger partial charge >= 0.3 is 7.37 Å². The molecule has 0 heterocycles. The molecular formula is C17H16FO3P. The topological polar surface area (TPSA) is 46.5 Å². The van der Waals surface area contributed by atoms with Gasteiger partial charge in [-0.25, -0.2) is 4.39 Å². The summed E-state index contributed by atoms with van der Waals surface area (Å²) in [6.07, 6.45) is 0. The molecule has 2 rings (SSSR count). The van der Waals surface area contributed by atoms with E-state index in [0.29, 0.717) is 11.1 Å². The second kappa shape index (κ2) is 7.38. The fraction of sp³-hybridized carbons (Fsp3) is 0.176. The number of rotatable bonds is 4. The van der Waals surface area contributed by atoms with Crippen LogP contribution < -0.4 is 0 Å². The van der Waals surface area contributed by atoms with Crippen LogP contribution in [-0.4, -0.2) is 11.7 Å². The Bertz CT molecular complexity index is 717. The fourth-order valence-corrected chi connectivity index (χ4v) is 3.41. The molecule has 2 aromatic carbocycles. The van der Waals surface area contributed by atoms with E-state index >= 15 is 0 Å². The molecule has 0 radical (unpaired) electrons. The summed E-state index contributed by atoms with van der Waals surface area (Å²) in [7, 11) is -3.64. The number of benzene rings is 2. The van der Waals surface area contributed by atoms with E-state index in [1.54, 1.807) is 19.1 Å². The van der Waals surface area contributed by atoms with Gasteiger partial charge in [0.15, 0.2) is 5.85 Å². The zero-order valence-corrected chi connectivity index (χ0v) is 13.0. The SMILES string of the molecule is CCO[P@](=O)(C#Cc1ccccc1)[C@H](O)c1ccc(F)cc1. The molecule has 0 aromatic heterocycles. The van der Waals surface area contributed by atoms with Crippen molar-refractivity contribution < 1.29 is 18.6 Å². The second-order valence-electron chi connectivity index (χ2n) is 4.54. The van der Waals surface area contributed by atoms with Crippen LogP contribution >= 0.6 is 7.37 Å². The van der Waals surface area contributed by atoms with E-state index in [4.69, 9.17) is 4.52 Å². The lowest BCUT2D eigenvalue weighted by Gasteiger charge is -2.18. The van der Waals surface area contributed by atoms with E-state index in [-0.39, 0.29) is 6.61 Å². The maximum atomic E-state index is 13.0. The highest BCUT2D eigenvalue weighted by Gasteiger charge is 2.32. The lowest BCUT2D eigenvalue weighted by Crippen LogP contribution is -2.02. The summed E-state index contributed by atoms with van der Waals surface area (Å²) in [4.78, 5) is 0. The van der Waals surface area contributed by atoms with Crippen LogP contribution in [-0.2, 0) is 9.09 Å². The first kappa shape index (κ1) is 16.5. The molecule has 0 fully saturated rings. The molecule has 114 valence electrons. The molecule has 1 N–H and O–H groups in total. The first-order valence-corrected chi connectivity index (χ1v) is 8.50. The van der Waals surface area contributed by atoms with Crippen LogP contribution in [0.4, 0.5) is 4.39 Å². The molecule has 0 saturated heterocycles. The monoisotopic (exact) mass is 318 g/mol. The normalized spacial score (nSPS) is 14.5. The van der Waals surface area contributed by atoms with Gasteiger partial charge in [0.1, 0.15) is 5.82 Å². The molecule has 0 spiro atoms. The highest BCUT2D eigenvalue weighted by Crippen LogP contribution is 2.57. The minimum atomic E-state index is -3.64. The molecule has 2 atom stereocenters. The molecule has 0 aliphatic heterocycles. The third kappa shape index (κ3) is 4.05. The molecule has 0 bridgehead atoms. The quantitative estimate of drug-likeness (QED) is 0.681. The van der Waals surface area contributed by atoms with E-state index in [0.717, 1.165) is 0 Å². The van der Waals surface area contributed by atoms with Gasteiger partial charge in [0.25, 0.3) is 0 Å². The van der Waals surface area contributed by atoms with Crippen LogP contribution in [0.3, 0.4) is 0 Å². The molecule has 22 heavy (non-hydrogen) atoms. The van der Waals surface area contributed by atoms with Crippen molar-refractivity contribution in [1.82, 2.24) is 0 Å². The number of hydrogen-bond donors (Lipinski definition) is 1. The largest absolute Gasteiger partial charge is 0.377 e. The molecule has 2 aromatic rings. The molecule has 0 unspecified atom stereocenters. The lowest BCUT2D eigenvalue weighted by molar-refractivity contribution is 0.218. The summed E-state index contributed by atoms with van der Waals surface area (Å²) in [5.41, 5.74) is 3.55. The Balaban J connectivity index is 2.33. The summed E-state index contributed by atoms with van der Waals surface area (Å²) in [5, 5.41) is 10.3. The Hall–Kier alpha value is -1.92. The maximum absolute atomic E-state index is 13.0. The Morgan fingerprint density at radius 1 is 1.18 bits per heavy atom. The summed E-state index contributed by atoms with van der Waals surface area (Å²) in [5.74, 6) is 0.914. The highest BCUT2D eigenvalue weighted by molar-refractivity contribution is 7.64. The van der Waals surface area contributed by atoms with Gasteiger partial charge in [-0.2, -0.15) is 0 Å². The Labute approximate surface area is 129 Å². The van der Waals surface area contributed by atoms with Gasteiger partial charge in [-0.3, -0.25) is 4.57 Å². The van der Waals surface area contributed by atoms with E-state index < -0.39 is 19.0 Å². The molecule has 3 nitrogen and oxygen atoms in total. The zero-order chi connectivity index (χ0) is 16.0. The average molecular weight is 318 g/mol. The Morgan fingerprint density at radius 3 is 2.41 bits per heavy atom. The summed E-state index contributed by atoms with van der Waals surface area (Å²) < 4.78 is 31.0. The van der Waals surface area contributed by atoms with Crippen LogP contribution in [0, 0.1) is 17.4 Å². The lowest BCUT2D eigenvalue weighted by atomic mass is 10.2. The maximum Gasteiger partial charge on any atom is 0.306 e. The smallest absolute Gasteiger partial charge is 0.306 e. The van der Waals surface area contributed by atoms with Crippen molar-refractivity contribution in [2.45, 2.75) is 12.8 Å².